The minimum atomic E-state index is 0.299. The second-order valence-corrected chi connectivity index (χ2v) is 6.57. The van der Waals surface area contributed by atoms with Crippen LogP contribution < -0.4 is 5.32 Å². The molecular weight excluding hydrogens is 336 g/mol. The minimum absolute atomic E-state index is 0.299. The summed E-state index contributed by atoms with van der Waals surface area (Å²) in [5, 5.41) is 12.1. The van der Waals surface area contributed by atoms with Gasteiger partial charge in [0.25, 0.3) is 0 Å². The molecule has 1 aliphatic rings. The van der Waals surface area contributed by atoms with Crippen molar-refractivity contribution in [2.45, 2.75) is 25.4 Å². The average Bonchev–Trinajstić information content (AvgIpc) is 3.18. The normalized spacial score (nSPS) is 16.8. The number of hydrogen-bond donors (Lipinski definition) is 1. The lowest BCUT2D eigenvalue weighted by Gasteiger charge is -2.24. The van der Waals surface area contributed by atoms with Crippen LogP contribution in [0.25, 0.3) is 0 Å². The van der Waals surface area contributed by atoms with Crippen LogP contribution in [-0.4, -0.2) is 26.4 Å². The fraction of sp³-hybridized carbons (Fsp3) is 0.238. The van der Waals surface area contributed by atoms with E-state index in [-0.39, 0.29) is 0 Å². The van der Waals surface area contributed by atoms with E-state index in [1.807, 2.05) is 42.6 Å². The predicted octanol–water partition coefficient (Wildman–Crippen LogP) is 3.82. The predicted molar refractivity (Wildman–Crippen MR) is 103 cm³/mol. The molecule has 0 spiro atoms. The van der Waals surface area contributed by atoms with Gasteiger partial charge in [0.2, 0.25) is 0 Å². The van der Waals surface area contributed by atoms with Crippen LogP contribution in [0.3, 0.4) is 0 Å². The van der Waals surface area contributed by atoms with Crippen LogP contribution in [0.1, 0.15) is 36.0 Å². The highest BCUT2D eigenvalue weighted by Crippen LogP contribution is 2.32. The van der Waals surface area contributed by atoms with Gasteiger partial charge < -0.3 is 5.32 Å². The zero-order valence-electron chi connectivity index (χ0n) is 14.9. The molecular formula is C21H20N6. The Labute approximate surface area is 158 Å². The quantitative estimate of drug-likeness (QED) is 0.749. The number of rotatable bonds is 5. The molecule has 1 N–H and O–H groups in total. The second kappa shape index (κ2) is 7.94. The maximum Gasteiger partial charge on any atom is 0.140 e. The van der Waals surface area contributed by atoms with Gasteiger partial charge in [0, 0.05) is 12.7 Å². The third-order valence-corrected chi connectivity index (χ3v) is 4.72. The first-order valence-corrected chi connectivity index (χ1v) is 9.06. The molecule has 27 heavy (non-hydrogen) atoms. The van der Waals surface area contributed by atoms with E-state index in [9.17, 15) is 0 Å². The highest BCUT2D eigenvalue weighted by Gasteiger charge is 2.27. The largest absolute Gasteiger partial charge is 0.339 e. The zero-order valence-corrected chi connectivity index (χ0v) is 14.9. The van der Waals surface area contributed by atoms with Gasteiger partial charge in [-0.25, -0.2) is 9.97 Å². The molecule has 0 aliphatic carbocycles. The Hall–Kier alpha value is -3.30. The average molecular weight is 356 g/mol. The first kappa shape index (κ1) is 17.1. The molecule has 1 fully saturated rings. The summed E-state index contributed by atoms with van der Waals surface area (Å²) in [6, 6.07) is 18.0. The molecule has 3 aromatic rings. The van der Waals surface area contributed by atoms with Crippen molar-refractivity contribution in [2.75, 3.05) is 11.9 Å². The Bertz CT molecular complexity index is 933. The van der Waals surface area contributed by atoms with Gasteiger partial charge in [-0.1, -0.05) is 12.1 Å². The van der Waals surface area contributed by atoms with E-state index in [1.54, 1.807) is 12.3 Å². The summed E-state index contributed by atoms with van der Waals surface area (Å²) >= 11 is 0. The molecule has 1 atom stereocenters. The van der Waals surface area contributed by atoms with Crippen molar-refractivity contribution < 1.29 is 0 Å². The summed E-state index contributed by atoms with van der Waals surface area (Å²) < 4.78 is 0. The lowest BCUT2D eigenvalue weighted by molar-refractivity contribution is 0.241. The van der Waals surface area contributed by atoms with E-state index in [0.717, 1.165) is 48.8 Å². The number of hydrogen-bond acceptors (Lipinski definition) is 6. The Kier molecular flexibility index (Phi) is 5.04. The SMILES string of the molecule is N#Cc1ccc(Nc2cccc([C@@H]3CCCN3Cc3ccccn3)n2)cn1. The summed E-state index contributed by atoms with van der Waals surface area (Å²) in [6.07, 6.45) is 5.75. The van der Waals surface area contributed by atoms with Crippen LogP contribution in [-0.2, 0) is 6.54 Å². The molecule has 0 saturated carbocycles. The highest BCUT2D eigenvalue weighted by atomic mass is 15.2. The van der Waals surface area contributed by atoms with E-state index < -0.39 is 0 Å². The third-order valence-electron chi connectivity index (χ3n) is 4.72. The summed E-state index contributed by atoms with van der Waals surface area (Å²) in [5.74, 6) is 0.781. The number of aromatic nitrogens is 3. The number of likely N-dealkylation sites (tertiary alicyclic amines) is 1. The van der Waals surface area contributed by atoms with Crippen LogP contribution in [0, 0.1) is 11.3 Å². The molecule has 0 unspecified atom stereocenters. The van der Waals surface area contributed by atoms with E-state index >= 15 is 0 Å². The van der Waals surface area contributed by atoms with E-state index in [2.05, 4.69) is 32.3 Å². The zero-order chi connectivity index (χ0) is 18.5. The van der Waals surface area contributed by atoms with Crippen LogP contribution in [0.2, 0.25) is 0 Å². The van der Waals surface area contributed by atoms with Gasteiger partial charge in [-0.15, -0.1) is 0 Å². The van der Waals surface area contributed by atoms with Crippen LogP contribution in [0.4, 0.5) is 11.5 Å². The van der Waals surface area contributed by atoms with Crippen molar-refractivity contribution >= 4 is 11.5 Å². The molecule has 0 bridgehead atoms. The fourth-order valence-corrected chi connectivity index (χ4v) is 3.44. The Morgan fingerprint density at radius 1 is 1.11 bits per heavy atom. The van der Waals surface area contributed by atoms with Crippen molar-refractivity contribution in [3.05, 3.63) is 78.0 Å². The van der Waals surface area contributed by atoms with Gasteiger partial charge in [-0.05, 0) is 55.8 Å². The smallest absolute Gasteiger partial charge is 0.140 e. The molecule has 1 saturated heterocycles. The number of anilines is 2. The summed E-state index contributed by atoms with van der Waals surface area (Å²) in [5.41, 5.74) is 3.37. The maximum atomic E-state index is 8.85. The van der Waals surface area contributed by atoms with Crippen LogP contribution in [0.15, 0.2) is 60.9 Å². The highest BCUT2D eigenvalue weighted by molar-refractivity contribution is 5.55. The lowest BCUT2D eigenvalue weighted by Crippen LogP contribution is -2.24. The molecule has 6 heteroatoms. The molecule has 1 aliphatic heterocycles. The molecule has 6 nitrogen and oxygen atoms in total. The van der Waals surface area contributed by atoms with Crippen molar-refractivity contribution in [3.8, 4) is 6.07 Å². The first-order valence-electron chi connectivity index (χ1n) is 9.06. The van der Waals surface area contributed by atoms with Gasteiger partial charge in [-0.3, -0.25) is 9.88 Å². The number of nitrogens with one attached hydrogen (secondary N) is 1. The van der Waals surface area contributed by atoms with E-state index in [0.29, 0.717) is 11.7 Å². The van der Waals surface area contributed by atoms with Gasteiger partial charge in [0.1, 0.15) is 17.6 Å². The van der Waals surface area contributed by atoms with Gasteiger partial charge in [0.15, 0.2) is 0 Å². The van der Waals surface area contributed by atoms with Crippen LogP contribution >= 0.6 is 0 Å². The standard InChI is InChI=1S/C21H20N6/c22-13-16-9-10-17(14-24-16)25-21-8-3-6-19(26-21)20-7-4-12-27(20)15-18-5-1-2-11-23-18/h1-3,5-6,8-11,14,20H,4,7,12,15H2,(H,25,26)/t20-/m0/s1. The monoisotopic (exact) mass is 356 g/mol. The van der Waals surface area contributed by atoms with Gasteiger partial charge in [0.05, 0.1) is 29.3 Å². The molecule has 3 aromatic heterocycles. The molecule has 4 rings (SSSR count). The van der Waals surface area contributed by atoms with Crippen molar-refractivity contribution in [1.29, 1.82) is 5.26 Å². The van der Waals surface area contributed by atoms with Gasteiger partial charge >= 0.3 is 0 Å². The topological polar surface area (TPSA) is 77.7 Å². The molecule has 0 aromatic carbocycles. The summed E-state index contributed by atoms with van der Waals surface area (Å²) in [7, 11) is 0. The fourth-order valence-electron chi connectivity index (χ4n) is 3.44. The van der Waals surface area contributed by atoms with E-state index in [4.69, 9.17) is 10.2 Å². The maximum absolute atomic E-state index is 8.85. The van der Waals surface area contributed by atoms with Crippen LogP contribution in [0.5, 0.6) is 0 Å². The number of pyridine rings is 3. The Morgan fingerprint density at radius 3 is 2.85 bits per heavy atom. The van der Waals surface area contributed by atoms with E-state index in [1.165, 1.54) is 0 Å². The third kappa shape index (κ3) is 4.10. The van der Waals surface area contributed by atoms with Crippen molar-refractivity contribution in [3.63, 3.8) is 0 Å². The summed E-state index contributed by atoms with van der Waals surface area (Å²) in [4.78, 5) is 15.8. The molecule has 0 amide bonds. The summed E-state index contributed by atoms with van der Waals surface area (Å²) in [6.45, 7) is 1.89. The molecule has 4 heterocycles. The Morgan fingerprint density at radius 2 is 2.07 bits per heavy atom. The number of nitriles is 1. The number of nitrogens with zero attached hydrogens (tertiary/aromatic N) is 5. The van der Waals surface area contributed by atoms with Gasteiger partial charge in [-0.2, -0.15) is 5.26 Å². The molecule has 134 valence electrons. The minimum Gasteiger partial charge on any atom is -0.339 e. The van der Waals surface area contributed by atoms with Crippen molar-refractivity contribution in [1.82, 2.24) is 19.9 Å². The molecule has 0 radical (unpaired) electrons. The lowest BCUT2D eigenvalue weighted by atomic mass is 10.1. The second-order valence-electron chi connectivity index (χ2n) is 6.57. The Balaban J connectivity index is 1.50. The first-order chi connectivity index (χ1) is 13.3. The van der Waals surface area contributed by atoms with Crippen molar-refractivity contribution in [2.24, 2.45) is 0 Å².